The molecule has 1 saturated heterocycles. The highest BCUT2D eigenvalue weighted by atomic mass is 15.2. The number of benzene rings is 1. The summed E-state index contributed by atoms with van der Waals surface area (Å²) in [4.78, 5) is 5.32. The number of hydrogen-bond donors (Lipinski definition) is 0. The van der Waals surface area contributed by atoms with Gasteiger partial charge in [0.05, 0.1) is 11.4 Å². The molecule has 1 aromatic carbocycles. The summed E-state index contributed by atoms with van der Waals surface area (Å²) in [5, 5.41) is 0. The number of hydrogen-bond acceptors (Lipinski definition) is 2. The average molecular weight is 345 g/mol. The second kappa shape index (κ2) is 12.2. The van der Waals surface area contributed by atoms with Gasteiger partial charge in [-0.15, -0.1) is 0 Å². The molecule has 0 aliphatic carbocycles. The third-order valence-corrected chi connectivity index (χ3v) is 5.48. The van der Waals surface area contributed by atoms with Gasteiger partial charge in [0.1, 0.15) is 0 Å². The van der Waals surface area contributed by atoms with E-state index in [0.717, 1.165) is 0 Å². The second-order valence-corrected chi connectivity index (χ2v) is 7.64. The van der Waals surface area contributed by atoms with Crippen LogP contribution in [-0.4, -0.2) is 26.2 Å². The largest absolute Gasteiger partial charge is 0.370 e. The molecule has 1 heterocycles. The zero-order valence-corrected chi connectivity index (χ0v) is 16.8. The highest BCUT2D eigenvalue weighted by molar-refractivity contribution is 5.71. The Morgan fingerprint density at radius 1 is 0.760 bits per heavy atom. The van der Waals surface area contributed by atoms with Crippen LogP contribution in [0.1, 0.15) is 84.5 Å². The molecule has 0 radical (unpaired) electrons. The summed E-state index contributed by atoms with van der Waals surface area (Å²) in [6, 6.07) is 9.17. The van der Waals surface area contributed by atoms with E-state index in [1.165, 1.54) is 108 Å². The van der Waals surface area contributed by atoms with Gasteiger partial charge in [0.25, 0.3) is 0 Å². The molecular formula is C23H40N2. The predicted octanol–water partition coefficient (Wildman–Crippen LogP) is 6.64. The van der Waals surface area contributed by atoms with E-state index < -0.39 is 0 Å². The average Bonchev–Trinajstić information content (AvgIpc) is 2.67. The lowest BCUT2D eigenvalue weighted by molar-refractivity contribution is 0.574. The van der Waals surface area contributed by atoms with Gasteiger partial charge in [-0.3, -0.25) is 0 Å². The van der Waals surface area contributed by atoms with Crippen LogP contribution in [0, 0.1) is 0 Å². The summed E-state index contributed by atoms with van der Waals surface area (Å²) in [6.45, 7) is 9.50. The first-order chi connectivity index (χ1) is 12.4. The lowest BCUT2D eigenvalue weighted by Gasteiger charge is -2.34. The molecule has 0 unspecified atom stereocenters. The van der Waals surface area contributed by atoms with Crippen LogP contribution < -0.4 is 9.80 Å². The van der Waals surface area contributed by atoms with E-state index >= 15 is 0 Å². The molecule has 2 nitrogen and oxygen atoms in total. The molecule has 0 spiro atoms. The summed E-state index contributed by atoms with van der Waals surface area (Å²) in [5.41, 5.74) is 2.96. The van der Waals surface area contributed by atoms with Crippen LogP contribution >= 0.6 is 0 Å². The van der Waals surface area contributed by atoms with Gasteiger partial charge in [0, 0.05) is 26.2 Å². The summed E-state index contributed by atoms with van der Waals surface area (Å²) >= 11 is 0. The molecule has 1 fully saturated rings. The SMILES string of the molecule is CCCCCCN(CCCCCC)c1ccccc1N1CCCCC1. The van der Waals surface area contributed by atoms with Crippen molar-refractivity contribution in [1.82, 2.24) is 0 Å². The quantitative estimate of drug-likeness (QED) is 0.392. The van der Waals surface area contributed by atoms with Gasteiger partial charge in [0.15, 0.2) is 0 Å². The van der Waals surface area contributed by atoms with E-state index in [4.69, 9.17) is 0 Å². The second-order valence-electron chi connectivity index (χ2n) is 7.64. The molecular weight excluding hydrogens is 304 g/mol. The Hall–Kier alpha value is -1.18. The molecule has 0 bridgehead atoms. The molecule has 0 atom stereocenters. The van der Waals surface area contributed by atoms with Crippen LogP contribution in [-0.2, 0) is 0 Å². The smallest absolute Gasteiger partial charge is 0.0604 e. The van der Waals surface area contributed by atoms with Crippen molar-refractivity contribution in [2.45, 2.75) is 84.5 Å². The molecule has 1 aliphatic rings. The van der Waals surface area contributed by atoms with Crippen LogP contribution in [0.25, 0.3) is 0 Å². The zero-order chi connectivity index (χ0) is 17.7. The molecule has 0 saturated carbocycles. The lowest BCUT2D eigenvalue weighted by atomic mass is 10.1. The van der Waals surface area contributed by atoms with Crippen molar-refractivity contribution in [3.05, 3.63) is 24.3 Å². The minimum atomic E-state index is 1.22. The van der Waals surface area contributed by atoms with Gasteiger partial charge < -0.3 is 9.80 Å². The maximum Gasteiger partial charge on any atom is 0.0604 e. The molecule has 2 rings (SSSR count). The normalized spacial score (nSPS) is 14.7. The summed E-state index contributed by atoms with van der Waals surface area (Å²) < 4.78 is 0. The van der Waals surface area contributed by atoms with Crippen LogP contribution in [0.15, 0.2) is 24.3 Å². The Morgan fingerprint density at radius 2 is 1.36 bits per heavy atom. The van der Waals surface area contributed by atoms with Gasteiger partial charge in [-0.05, 0) is 44.2 Å². The van der Waals surface area contributed by atoms with Gasteiger partial charge in [-0.2, -0.15) is 0 Å². The Balaban J connectivity index is 2.05. The first-order valence-electron chi connectivity index (χ1n) is 11.0. The number of unbranched alkanes of at least 4 members (excludes halogenated alkanes) is 6. The van der Waals surface area contributed by atoms with Gasteiger partial charge in [0.2, 0.25) is 0 Å². The molecule has 1 aliphatic heterocycles. The molecule has 0 N–H and O–H groups in total. The minimum absolute atomic E-state index is 1.22. The van der Waals surface area contributed by atoms with E-state index in [2.05, 4.69) is 47.9 Å². The van der Waals surface area contributed by atoms with E-state index in [-0.39, 0.29) is 0 Å². The summed E-state index contributed by atoms with van der Waals surface area (Å²) in [6.07, 6.45) is 14.9. The van der Waals surface area contributed by atoms with Crippen molar-refractivity contribution in [3.8, 4) is 0 Å². The topological polar surface area (TPSA) is 6.48 Å². The lowest BCUT2D eigenvalue weighted by Crippen LogP contribution is -2.33. The van der Waals surface area contributed by atoms with Crippen molar-refractivity contribution < 1.29 is 0 Å². The van der Waals surface area contributed by atoms with Gasteiger partial charge >= 0.3 is 0 Å². The number of anilines is 2. The first-order valence-corrected chi connectivity index (χ1v) is 11.0. The van der Waals surface area contributed by atoms with E-state index in [0.29, 0.717) is 0 Å². The van der Waals surface area contributed by atoms with Gasteiger partial charge in [-0.1, -0.05) is 64.5 Å². The zero-order valence-electron chi connectivity index (χ0n) is 16.8. The highest BCUT2D eigenvalue weighted by Gasteiger charge is 2.17. The van der Waals surface area contributed by atoms with Gasteiger partial charge in [-0.25, -0.2) is 0 Å². The fourth-order valence-corrected chi connectivity index (χ4v) is 3.95. The predicted molar refractivity (Wildman–Crippen MR) is 113 cm³/mol. The Labute approximate surface area is 156 Å². The number of nitrogens with zero attached hydrogens (tertiary/aromatic N) is 2. The highest BCUT2D eigenvalue weighted by Crippen LogP contribution is 2.32. The third kappa shape index (κ3) is 6.92. The van der Waals surface area contributed by atoms with Crippen molar-refractivity contribution in [3.63, 3.8) is 0 Å². The summed E-state index contributed by atoms with van der Waals surface area (Å²) in [7, 11) is 0. The Bertz CT molecular complexity index is 439. The maximum atomic E-state index is 2.69. The van der Waals surface area contributed by atoms with Crippen LogP contribution in [0.5, 0.6) is 0 Å². The molecule has 0 aromatic heterocycles. The van der Waals surface area contributed by atoms with Crippen molar-refractivity contribution in [2.75, 3.05) is 36.0 Å². The van der Waals surface area contributed by atoms with Crippen molar-refractivity contribution >= 4 is 11.4 Å². The molecule has 0 amide bonds. The maximum absolute atomic E-state index is 2.69. The number of piperidine rings is 1. The Kier molecular flexibility index (Phi) is 9.84. The van der Waals surface area contributed by atoms with E-state index in [1.54, 1.807) is 0 Å². The van der Waals surface area contributed by atoms with Crippen molar-refractivity contribution in [2.24, 2.45) is 0 Å². The fourth-order valence-electron chi connectivity index (χ4n) is 3.95. The van der Waals surface area contributed by atoms with Crippen molar-refractivity contribution in [1.29, 1.82) is 0 Å². The summed E-state index contributed by atoms with van der Waals surface area (Å²) in [5.74, 6) is 0. The molecule has 2 heteroatoms. The standard InChI is InChI=1S/C23H40N2/c1-3-5-7-12-18-24(19-13-8-6-4-2)22-16-10-11-17-23(22)25-20-14-9-15-21-25/h10-11,16-17H,3-9,12-15,18-21H2,1-2H3. The first kappa shape index (κ1) is 20.1. The van der Waals surface area contributed by atoms with E-state index in [1.807, 2.05) is 0 Å². The number of rotatable bonds is 12. The Morgan fingerprint density at radius 3 is 1.96 bits per heavy atom. The minimum Gasteiger partial charge on any atom is -0.370 e. The molecule has 142 valence electrons. The monoisotopic (exact) mass is 344 g/mol. The fraction of sp³-hybridized carbons (Fsp3) is 0.739. The van der Waals surface area contributed by atoms with E-state index in [9.17, 15) is 0 Å². The van der Waals surface area contributed by atoms with Crippen LogP contribution in [0.4, 0.5) is 11.4 Å². The van der Waals surface area contributed by atoms with Crippen LogP contribution in [0.2, 0.25) is 0 Å². The number of para-hydroxylation sites is 2. The molecule has 1 aromatic rings. The van der Waals surface area contributed by atoms with Crippen LogP contribution in [0.3, 0.4) is 0 Å². The third-order valence-electron chi connectivity index (χ3n) is 5.48. The molecule has 25 heavy (non-hydrogen) atoms.